The molecule has 0 amide bonds. The Morgan fingerprint density at radius 2 is 1.95 bits per heavy atom. The first-order chi connectivity index (χ1) is 9.47. The third-order valence-corrected chi connectivity index (χ3v) is 3.44. The van der Waals surface area contributed by atoms with Gasteiger partial charge in [0.2, 0.25) is 0 Å². The van der Waals surface area contributed by atoms with Gasteiger partial charge in [0.15, 0.2) is 0 Å². The van der Waals surface area contributed by atoms with Crippen LogP contribution in [0.1, 0.15) is 25.2 Å². The monoisotopic (exact) mass is 293 g/mol. The Hall–Kier alpha value is -1.68. The predicted molar refractivity (Wildman–Crippen MR) is 82.5 cm³/mol. The van der Waals surface area contributed by atoms with Crippen LogP contribution in [0.5, 0.6) is 5.75 Å². The predicted octanol–water partition coefficient (Wildman–Crippen LogP) is 3.78. The molecule has 20 heavy (non-hydrogen) atoms. The number of aromatic nitrogens is 2. The lowest BCUT2D eigenvalue weighted by Gasteiger charge is -2.11. The highest BCUT2D eigenvalue weighted by Crippen LogP contribution is 2.22. The average molecular weight is 294 g/mol. The summed E-state index contributed by atoms with van der Waals surface area (Å²) in [6.07, 6.45) is 0.185. The van der Waals surface area contributed by atoms with Gasteiger partial charge in [-0.1, -0.05) is 11.6 Å². The van der Waals surface area contributed by atoms with E-state index in [0.29, 0.717) is 6.54 Å². The van der Waals surface area contributed by atoms with Crippen molar-refractivity contribution in [2.75, 3.05) is 5.32 Å². The number of aryl methyl sites for hydroxylation is 2. The maximum absolute atomic E-state index is 6.22. The first kappa shape index (κ1) is 14.7. The number of nitrogens with zero attached hydrogens (tertiary/aromatic N) is 2. The van der Waals surface area contributed by atoms with Crippen molar-refractivity contribution in [3.63, 3.8) is 0 Å². The molecule has 0 spiro atoms. The molecule has 4 nitrogen and oxygen atoms in total. The Kier molecular flexibility index (Phi) is 4.55. The van der Waals surface area contributed by atoms with E-state index in [2.05, 4.69) is 10.4 Å². The van der Waals surface area contributed by atoms with E-state index in [1.54, 1.807) is 4.68 Å². The number of hydrogen-bond donors (Lipinski definition) is 1. The molecule has 108 valence electrons. The zero-order valence-electron chi connectivity index (χ0n) is 12.3. The molecule has 0 radical (unpaired) electrons. The van der Waals surface area contributed by atoms with Crippen LogP contribution in [0.15, 0.2) is 24.3 Å². The van der Waals surface area contributed by atoms with E-state index in [1.807, 2.05) is 52.1 Å². The summed E-state index contributed by atoms with van der Waals surface area (Å²) in [7, 11) is 1.90. The van der Waals surface area contributed by atoms with Gasteiger partial charge in [0, 0.05) is 12.7 Å². The van der Waals surface area contributed by atoms with E-state index in [1.165, 1.54) is 0 Å². The quantitative estimate of drug-likeness (QED) is 0.912. The van der Waals surface area contributed by atoms with Crippen molar-refractivity contribution < 1.29 is 4.74 Å². The molecule has 1 aromatic heterocycles. The maximum Gasteiger partial charge on any atom is 0.119 e. The minimum Gasteiger partial charge on any atom is -0.491 e. The molecule has 2 aromatic rings. The van der Waals surface area contributed by atoms with Crippen LogP contribution in [0.3, 0.4) is 0 Å². The lowest BCUT2D eigenvalue weighted by Crippen LogP contribution is -2.07. The van der Waals surface area contributed by atoms with E-state index >= 15 is 0 Å². The van der Waals surface area contributed by atoms with Crippen molar-refractivity contribution in [3.8, 4) is 5.75 Å². The van der Waals surface area contributed by atoms with E-state index in [0.717, 1.165) is 27.8 Å². The van der Waals surface area contributed by atoms with Gasteiger partial charge in [-0.2, -0.15) is 5.10 Å². The minimum atomic E-state index is 0.185. The zero-order valence-corrected chi connectivity index (χ0v) is 13.0. The molecule has 0 atom stereocenters. The molecule has 0 fully saturated rings. The summed E-state index contributed by atoms with van der Waals surface area (Å²) in [4.78, 5) is 0. The maximum atomic E-state index is 6.22. The molecular weight excluding hydrogens is 274 g/mol. The van der Waals surface area contributed by atoms with Crippen molar-refractivity contribution in [1.82, 2.24) is 9.78 Å². The average Bonchev–Trinajstić information content (AvgIpc) is 2.62. The summed E-state index contributed by atoms with van der Waals surface area (Å²) in [5, 5.41) is 8.35. The molecule has 0 aliphatic rings. The van der Waals surface area contributed by atoms with Crippen LogP contribution in [0.2, 0.25) is 5.02 Å². The molecule has 0 unspecified atom stereocenters. The van der Waals surface area contributed by atoms with Crippen LogP contribution in [0.25, 0.3) is 0 Å². The Balaban J connectivity index is 2.00. The summed E-state index contributed by atoms with van der Waals surface area (Å²) in [6, 6.07) is 7.90. The summed E-state index contributed by atoms with van der Waals surface area (Å²) in [6.45, 7) is 6.57. The first-order valence-corrected chi connectivity index (χ1v) is 7.03. The SMILES string of the molecule is Cc1nn(C)c(CNc2ccc(OC(C)C)cc2)c1Cl. The number of halogens is 1. The zero-order chi connectivity index (χ0) is 14.7. The van der Waals surface area contributed by atoms with Gasteiger partial charge in [0.25, 0.3) is 0 Å². The summed E-state index contributed by atoms with van der Waals surface area (Å²) in [5.74, 6) is 0.875. The van der Waals surface area contributed by atoms with Crippen molar-refractivity contribution in [2.45, 2.75) is 33.4 Å². The summed E-state index contributed by atoms with van der Waals surface area (Å²) in [5.41, 5.74) is 2.86. The van der Waals surface area contributed by atoms with Gasteiger partial charge in [0.1, 0.15) is 5.75 Å². The van der Waals surface area contributed by atoms with Crippen LogP contribution >= 0.6 is 11.6 Å². The highest BCUT2D eigenvalue weighted by Gasteiger charge is 2.10. The lowest BCUT2D eigenvalue weighted by atomic mass is 10.3. The molecule has 0 aliphatic carbocycles. The number of ether oxygens (including phenoxy) is 1. The normalized spacial score (nSPS) is 10.9. The third-order valence-electron chi connectivity index (χ3n) is 2.95. The Morgan fingerprint density at radius 3 is 2.45 bits per heavy atom. The molecule has 0 bridgehead atoms. The molecule has 5 heteroatoms. The van der Waals surface area contributed by atoms with E-state index in [4.69, 9.17) is 16.3 Å². The van der Waals surface area contributed by atoms with Crippen LogP contribution in [0.4, 0.5) is 5.69 Å². The van der Waals surface area contributed by atoms with Crippen LogP contribution in [-0.2, 0) is 13.6 Å². The van der Waals surface area contributed by atoms with Gasteiger partial charge < -0.3 is 10.1 Å². The highest BCUT2D eigenvalue weighted by molar-refractivity contribution is 6.31. The molecule has 1 N–H and O–H groups in total. The molecule has 1 aromatic carbocycles. The largest absolute Gasteiger partial charge is 0.491 e. The van der Waals surface area contributed by atoms with Gasteiger partial charge in [-0.3, -0.25) is 4.68 Å². The molecular formula is C15H20ClN3O. The fraction of sp³-hybridized carbons (Fsp3) is 0.400. The number of rotatable bonds is 5. The van der Waals surface area contributed by atoms with Gasteiger partial charge in [-0.15, -0.1) is 0 Å². The number of hydrogen-bond acceptors (Lipinski definition) is 3. The van der Waals surface area contributed by atoms with Crippen LogP contribution in [-0.4, -0.2) is 15.9 Å². The fourth-order valence-electron chi connectivity index (χ4n) is 1.98. The Labute approximate surface area is 124 Å². The topological polar surface area (TPSA) is 39.1 Å². The van der Waals surface area contributed by atoms with Gasteiger partial charge in [-0.25, -0.2) is 0 Å². The number of benzene rings is 1. The van der Waals surface area contributed by atoms with Gasteiger partial charge in [0.05, 0.1) is 29.1 Å². The first-order valence-electron chi connectivity index (χ1n) is 6.66. The smallest absolute Gasteiger partial charge is 0.119 e. The number of anilines is 1. The lowest BCUT2D eigenvalue weighted by molar-refractivity contribution is 0.242. The Morgan fingerprint density at radius 1 is 1.30 bits per heavy atom. The van der Waals surface area contributed by atoms with Crippen LogP contribution < -0.4 is 10.1 Å². The fourth-order valence-corrected chi connectivity index (χ4v) is 2.21. The van der Waals surface area contributed by atoms with Crippen molar-refractivity contribution in [1.29, 1.82) is 0 Å². The van der Waals surface area contributed by atoms with Crippen LogP contribution in [0, 0.1) is 6.92 Å². The third kappa shape index (κ3) is 3.45. The molecule has 0 saturated heterocycles. The van der Waals surface area contributed by atoms with Crippen molar-refractivity contribution in [2.24, 2.45) is 7.05 Å². The van der Waals surface area contributed by atoms with Gasteiger partial charge >= 0.3 is 0 Å². The molecule has 0 saturated carbocycles. The second kappa shape index (κ2) is 6.18. The second-order valence-electron chi connectivity index (χ2n) is 5.01. The van der Waals surface area contributed by atoms with Gasteiger partial charge in [-0.05, 0) is 45.0 Å². The molecule has 2 rings (SSSR count). The van der Waals surface area contributed by atoms with E-state index < -0.39 is 0 Å². The Bertz CT molecular complexity index is 576. The van der Waals surface area contributed by atoms with Crippen molar-refractivity contribution in [3.05, 3.63) is 40.7 Å². The minimum absolute atomic E-state index is 0.185. The number of nitrogens with one attached hydrogen (secondary N) is 1. The molecule has 0 aliphatic heterocycles. The van der Waals surface area contributed by atoms with E-state index in [9.17, 15) is 0 Å². The molecule has 1 heterocycles. The summed E-state index contributed by atoms with van der Waals surface area (Å²) < 4.78 is 7.42. The standard InChI is InChI=1S/C15H20ClN3O/c1-10(2)20-13-7-5-12(6-8-13)17-9-14-15(16)11(3)18-19(14)4/h5-8,10,17H,9H2,1-4H3. The second-order valence-corrected chi connectivity index (χ2v) is 5.39. The van der Waals surface area contributed by atoms with Crippen molar-refractivity contribution >= 4 is 17.3 Å². The highest BCUT2D eigenvalue weighted by atomic mass is 35.5. The van der Waals surface area contributed by atoms with E-state index in [-0.39, 0.29) is 6.10 Å². The summed E-state index contributed by atoms with van der Waals surface area (Å²) >= 11 is 6.22.